The first-order valence-electron chi connectivity index (χ1n) is 6.26. The molecule has 112 valence electrons. The molecule has 0 aliphatic rings. The van der Waals surface area contributed by atoms with Gasteiger partial charge < -0.3 is 10.5 Å². The van der Waals surface area contributed by atoms with Crippen molar-refractivity contribution in [2.45, 2.75) is 13.0 Å². The Morgan fingerprint density at radius 2 is 1.76 bits per heavy atom. The molecule has 0 aromatic heterocycles. The molecule has 0 fully saturated rings. The van der Waals surface area contributed by atoms with Gasteiger partial charge in [0.15, 0.2) is 0 Å². The van der Waals surface area contributed by atoms with E-state index in [1.54, 1.807) is 18.2 Å². The van der Waals surface area contributed by atoms with E-state index < -0.39 is 17.7 Å². The van der Waals surface area contributed by atoms with E-state index >= 15 is 0 Å². The van der Waals surface area contributed by atoms with E-state index in [9.17, 15) is 8.78 Å². The lowest BCUT2D eigenvalue weighted by molar-refractivity contribution is 0.338. The number of halogens is 4. The predicted octanol–water partition coefficient (Wildman–Crippen LogP) is 4.94. The minimum atomic E-state index is -0.898. The van der Waals surface area contributed by atoms with Crippen molar-refractivity contribution in [3.8, 4) is 5.75 Å². The summed E-state index contributed by atoms with van der Waals surface area (Å²) in [5, 5.41) is 0. The molecule has 2 aromatic carbocycles. The molecule has 0 aliphatic heterocycles. The highest BCUT2D eigenvalue weighted by Gasteiger charge is 2.20. The van der Waals surface area contributed by atoms with Crippen LogP contribution in [0.3, 0.4) is 0 Å². The lowest BCUT2D eigenvalue weighted by atomic mass is 9.98. The summed E-state index contributed by atoms with van der Waals surface area (Å²) < 4.78 is 34.3. The fourth-order valence-corrected chi connectivity index (χ4v) is 2.91. The maximum atomic E-state index is 14.0. The molecule has 2 aromatic rings. The SMILES string of the molecule is CCOc1ccc(C(N)c2c(F)cc(Br)cc2F)cc1Br. The minimum absolute atomic E-state index is 0.158. The lowest BCUT2D eigenvalue weighted by Crippen LogP contribution is -2.16. The molecule has 0 bridgehead atoms. The van der Waals surface area contributed by atoms with Crippen LogP contribution in [0.1, 0.15) is 24.1 Å². The predicted molar refractivity (Wildman–Crippen MR) is 85.4 cm³/mol. The van der Waals surface area contributed by atoms with Gasteiger partial charge in [0, 0.05) is 10.0 Å². The summed E-state index contributed by atoms with van der Waals surface area (Å²) in [6.07, 6.45) is 0. The van der Waals surface area contributed by atoms with E-state index in [1.807, 2.05) is 6.92 Å². The van der Waals surface area contributed by atoms with Crippen LogP contribution in [0.15, 0.2) is 39.3 Å². The molecule has 21 heavy (non-hydrogen) atoms. The maximum absolute atomic E-state index is 14.0. The Kier molecular flexibility index (Phi) is 5.35. The molecule has 0 saturated heterocycles. The Morgan fingerprint density at radius 3 is 2.29 bits per heavy atom. The van der Waals surface area contributed by atoms with Gasteiger partial charge in [-0.2, -0.15) is 0 Å². The van der Waals surface area contributed by atoms with Gasteiger partial charge in [0.1, 0.15) is 17.4 Å². The highest BCUT2D eigenvalue weighted by atomic mass is 79.9. The van der Waals surface area contributed by atoms with Crippen LogP contribution in [-0.4, -0.2) is 6.61 Å². The zero-order chi connectivity index (χ0) is 15.6. The second-order valence-corrected chi connectivity index (χ2v) is 6.15. The normalized spacial score (nSPS) is 12.3. The van der Waals surface area contributed by atoms with Crippen LogP contribution in [0, 0.1) is 11.6 Å². The van der Waals surface area contributed by atoms with Crippen LogP contribution >= 0.6 is 31.9 Å². The van der Waals surface area contributed by atoms with Crippen molar-refractivity contribution >= 4 is 31.9 Å². The smallest absolute Gasteiger partial charge is 0.133 e. The second kappa shape index (κ2) is 6.85. The van der Waals surface area contributed by atoms with Gasteiger partial charge in [-0.1, -0.05) is 22.0 Å². The summed E-state index contributed by atoms with van der Waals surface area (Å²) in [5.74, 6) is -0.705. The van der Waals surface area contributed by atoms with E-state index in [1.165, 1.54) is 12.1 Å². The third kappa shape index (κ3) is 3.62. The fraction of sp³-hybridized carbons (Fsp3) is 0.200. The summed E-state index contributed by atoms with van der Waals surface area (Å²) in [6.45, 7) is 2.40. The van der Waals surface area contributed by atoms with Gasteiger partial charge in [0.25, 0.3) is 0 Å². The van der Waals surface area contributed by atoms with Crippen molar-refractivity contribution < 1.29 is 13.5 Å². The van der Waals surface area contributed by atoms with Crippen molar-refractivity contribution in [3.05, 3.63) is 62.0 Å². The third-order valence-corrected chi connectivity index (χ3v) is 4.05. The number of benzene rings is 2. The standard InChI is InChI=1S/C15H13Br2F2NO/c1-2-21-13-4-3-8(5-10(13)17)15(20)14-11(18)6-9(16)7-12(14)19/h3-7,15H,2,20H2,1H3. The topological polar surface area (TPSA) is 35.2 Å². The average Bonchev–Trinajstić information content (AvgIpc) is 2.40. The van der Waals surface area contributed by atoms with Crippen LogP contribution in [0.25, 0.3) is 0 Å². The van der Waals surface area contributed by atoms with Gasteiger partial charge in [-0.05, 0) is 52.7 Å². The van der Waals surface area contributed by atoms with Crippen molar-refractivity contribution in [3.63, 3.8) is 0 Å². The summed E-state index contributed by atoms with van der Waals surface area (Å²) in [5.41, 5.74) is 6.43. The molecule has 6 heteroatoms. The summed E-state index contributed by atoms with van der Waals surface area (Å²) in [7, 11) is 0. The molecule has 2 N–H and O–H groups in total. The van der Waals surface area contributed by atoms with Crippen LogP contribution in [-0.2, 0) is 0 Å². The molecular formula is C15H13Br2F2NO. The quantitative estimate of drug-likeness (QED) is 0.760. The second-order valence-electron chi connectivity index (χ2n) is 4.38. The molecule has 2 nitrogen and oxygen atoms in total. The third-order valence-electron chi connectivity index (χ3n) is 2.97. The molecule has 0 spiro atoms. The molecule has 0 amide bonds. The zero-order valence-corrected chi connectivity index (χ0v) is 14.3. The van der Waals surface area contributed by atoms with E-state index in [0.29, 0.717) is 26.9 Å². The first-order valence-corrected chi connectivity index (χ1v) is 7.85. The van der Waals surface area contributed by atoms with Gasteiger partial charge in [0.05, 0.1) is 17.1 Å². The maximum Gasteiger partial charge on any atom is 0.133 e. The molecule has 0 heterocycles. The fourth-order valence-electron chi connectivity index (χ4n) is 2.00. The number of hydrogen-bond donors (Lipinski definition) is 1. The van der Waals surface area contributed by atoms with Crippen LogP contribution in [0.4, 0.5) is 8.78 Å². The van der Waals surface area contributed by atoms with Gasteiger partial charge in [-0.25, -0.2) is 8.78 Å². The molecular weight excluding hydrogens is 408 g/mol. The minimum Gasteiger partial charge on any atom is -0.493 e. The Hall–Kier alpha value is -0.980. The van der Waals surface area contributed by atoms with E-state index in [2.05, 4.69) is 31.9 Å². The summed E-state index contributed by atoms with van der Waals surface area (Å²) >= 11 is 6.41. The number of rotatable bonds is 4. The Morgan fingerprint density at radius 1 is 1.14 bits per heavy atom. The molecule has 2 rings (SSSR count). The average molecular weight is 421 g/mol. The molecule has 0 radical (unpaired) electrons. The molecule has 0 aliphatic carbocycles. The Bertz CT molecular complexity index is 641. The van der Waals surface area contributed by atoms with Gasteiger partial charge >= 0.3 is 0 Å². The van der Waals surface area contributed by atoms with E-state index in [4.69, 9.17) is 10.5 Å². The first-order chi connectivity index (χ1) is 9.93. The van der Waals surface area contributed by atoms with Crippen molar-refractivity contribution in [1.82, 2.24) is 0 Å². The number of hydrogen-bond acceptors (Lipinski definition) is 2. The highest BCUT2D eigenvalue weighted by molar-refractivity contribution is 9.10. The van der Waals surface area contributed by atoms with Gasteiger partial charge in [-0.3, -0.25) is 0 Å². The monoisotopic (exact) mass is 419 g/mol. The first kappa shape index (κ1) is 16.4. The number of ether oxygens (including phenoxy) is 1. The summed E-state index contributed by atoms with van der Waals surface area (Å²) in [4.78, 5) is 0. The highest BCUT2D eigenvalue weighted by Crippen LogP contribution is 2.32. The molecule has 0 saturated carbocycles. The van der Waals surface area contributed by atoms with Gasteiger partial charge in [-0.15, -0.1) is 0 Å². The van der Waals surface area contributed by atoms with E-state index in [0.717, 1.165) is 0 Å². The number of nitrogens with two attached hydrogens (primary N) is 1. The Balaban J connectivity index is 2.41. The van der Waals surface area contributed by atoms with Crippen LogP contribution < -0.4 is 10.5 Å². The van der Waals surface area contributed by atoms with Crippen LogP contribution in [0.2, 0.25) is 0 Å². The van der Waals surface area contributed by atoms with Gasteiger partial charge in [0.2, 0.25) is 0 Å². The molecule has 1 atom stereocenters. The van der Waals surface area contributed by atoms with Crippen molar-refractivity contribution in [1.29, 1.82) is 0 Å². The van der Waals surface area contributed by atoms with Crippen LogP contribution in [0.5, 0.6) is 5.75 Å². The summed E-state index contributed by atoms with van der Waals surface area (Å²) in [6, 6.07) is 6.61. The van der Waals surface area contributed by atoms with Crippen molar-refractivity contribution in [2.75, 3.05) is 6.61 Å². The zero-order valence-electron chi connectivity index (χ0n) is 11.2. The molecule has 1 unspecified atom stereocenters. The lowest BCUT2D eigenvalue weighted by Gasteiger charge is -2.16. The largest absolute Gasteiger partial charge is 0.493 e. The van der Waals surface area contributed by atoms with E-state index in [-0.39, 0.29) is 5.56 Å². The Labute approximate surface area is 138 Å². The van der Waals surface area contributed by atoms with Crippen molar-refractivity contribution in [2.24, 2.45) is 5.73 Å².